The summed E-state index contributed by atoms with van der Waals surface area (Å²) >= 11 is 0. The zero-order valence-electron chi connectivity index (χ0n) is 14.3. The summed E-state index contributed by atoms with van der Waals surface area (Å²) in [7, 11) is 1.84. The van der Waals surface area contributed by atoms with E-state index in [2.05, 4.69) is 20.1 Å². The summed E-state index contributed by atoms with van der Waals surface area (Å²) in [6, 6.07) is 13.8. The van der Waals surface area contributed by atoms with Crippen LogP contribution < -0.4 is 4.90 Å². The fraction of sp³-hybridized carbons (Fsp3) is 0.263. The van der Waals surface area contributed by atoms with E-state index in [1.54, 1.807) is 11.1 Å². The number of benzene rings is 1. The van der Waals surface area contributed by atoms with Crippen molar-refractivity contribution in [3.63, 3.8) is 0 Å². The van der Waals surface area contributed by atoms with Crippen molar-refractivity contribution >= 4 is 22.5 Å². The Hall–Kier alpha value is -3.02. The first kappa shape index (κ1) is 15.5. The summed E-state index contributed by atoms with van der Waals surface area (Å²) < 4.78 is 0. The minimum atomic E-state index is -0.0450. The maximum atomic E-state index is 12.9. The van der Waals surface area contributed by atoms with Gasteiger partial charge in [-0.05, 0) is 30.5 Å². The lowest BCUT2D eigenvalue weighted by Crippen LogP contribution is -2.60. The number of hydrogen-bond acceptors (Lipinski definition) is 5. The number of aromatic nitrogens is 3. The van der Waals surface area contributed by atoms with Crippen molar-refractivity contribution < 1.29 is 4.79 Å². The molecule has 25 heavy (non-hydrogen) atoms. The number of anilines is 1. The molecule has 0 atom stereocenters. The van der Waals surface area contributed by atoms with Gasteiger partial charge in [-0.25, -0.2) is 0 Å². The van der Waals surface area contributed by atoms with Crippen molar-refractivity contribution in [3.05, 3.63) is 60.0 Å². The minimum Gasteiger partial charge on any atom is -0.351 e. The van der Waals surface area contributed by atoms with Crippen LogP contribution in [0.5, 0.6) is 0 Å². The fourth-order valence-corrected chi connectivity index (χ4v) is 3.07. The normalized spacial score (nSPS) is 14.4. The highest BCUT2D eigenvalue weighted by Crippen LogP contribution is 2.23. The van der Waals surface area contributed by atoms with Crippen LogP contribution in [0, 0.1) is 6.92 Å². The Bertz CT molecular complexity index is 913. The van der Waals surface area contributed by atoms with E-state index in [-0.39, 0.29) is 11.9 Å². The Morgan fingerprint density at radius 2 is 1.92 bits per heavy atom. The van der Waals surface area contributed by atoms with Gasteiger partial charge in [-0.3, -0.25) is 9.78 Å². The molecule has 0 radical (unpaired) electrons. The highest BCUT2D eigenvalue weighted by Gasteiger charge is 2.34. The number of rotatable bonds is 3. The SMILES string of the molecule is Cc1ccc(N2CC(N(C)C(=O)c3nccc4ccccc34)C2)nn1. The van der Waals surface area contributed by atoms with Gasteiger partial charge in [-0.15, -0.1) is 5.10 Å². The molecule has 1 aromatic carbocycles. The molecule has 1 saturated heterocycles. The predicted molar refractivity (Wildman–Crippen MR) is 96.6 cm³/mol. The number of carbonyl (C=O) groups is 1. The van der Waals surface area contributed by atoms with Crippen LogP contribution >= 0.6 is 0 Å². The predicted octanol–water partition coefficient (Wildman–Crippen LogP) is 2.29. The molecular weight excluding hydrogens is 314 g/mol. The van der Waals surface area contributed by atoms with Crippen LogP contribution in [0.1, 0.15) is 16.2 Å². The monoisotopic (exact) mass is 333 g/mol. The van der Waals surface area contributed by atoms with Crippen molar-refractivity contribution in [1.29, 1.82) is 0 Å². The molecular formula is C19H19N5O. The molecule has 6 nitrogen and oxygen atoms in total. The topological polar surface area (TPSA) is 62.2 Å². The number of likely N-dealkylation sites (N-methyl/N-ethyl adjacent to an activating group) is 1. The maximum absolute atomic E-state index is 12.9. The Balaban J connectivity index is 1.49. The van der Waals surface area contributed by atoms with E-state index >= 15 is 0 Å². The highest BCUT2D eigenvalue weighted by molar-refractivity contribution is 6.05. The van der Waals surface area contributed by atoms with Gasteiger partial charge in [0.15, 0.2) is 5.82 Å². The molecule has 0 saturated carbocycles. The molecule has 126 valence electrons. The molecule has 0 N–H and O–H groups in total. The Labute approximate surface area is 146 Å². The second-order valence-electron chi connectivity index (χ2n) is 6.39. The van der Waals surface area contributed by atoms with Gasteiger partial charge in [0.25, 0.3) is 5.91 Å². The molecule has 6 heteroatoms. The van der Waals surface area contributed by atoms with Crippen molar-refractivity contribution in [2.45, 2.75) is 13.0 Å². The molecule has 1 aliphatic heterocycles. The summed E-state index contributed by atoms with van der Waals surface area (Å²) in [5.41, 5.74) is 1.41. The van der Waals surface area contributed by atoms with Gasteiger partial charge < -0.3 is 9.80 Å². The van der Waals surface area contributed by atoms with E-state index < -0.39 is 0 Å². The summed E-state index contributed by atoms with van der Waals surface area (Å²) in [6.07, 6.45) is 1.69. The Morgan fingerprint density at radius 1 is 1.12 bits per heavy atom. The van der Waals surface area contributed by atoms with Crippen LogP contribution in [0.2, 0.25) is 0 Å². The standard InChI is InChI=1S/C19H19N5O/c1-13-7-8-17(22-21-13)24-11-15(12-24)23(2)19(25)18-16-6-4-3-5-14(16)9-10-20-18/h3-10,15H,11-12H2,1-2H3. The van der Waals surface area contributed by atoms with Crippen molar-refractivity contribution in [1.82, 2.24) is 20.1 Å². The number of fused-ring (bicyclic) bond motifs is 1. The quantitative estimate of drug-likeness (QED) is 0.736. The van der Waals surface area contributed by atoms with Gasteiger partial charge in [-0.2, -0.15) is 5.10 Å². The van der Waals surface area contributed by atoms with Gasteiger partial charge >= 0.3 is 0 Å². The number of amides is 1. The van der Waals surface area contributed by atoms with Crippen LogP contribution in [0.25, 0.3) is 10.8 Å². The van der Waals surface area contributed by atoms with E-state index in [1.807, 2.05) is 56.4 Å². The molecule has 1 aliphatic rings. The lowest BCUT2D eigenvalue weighted by atomic mass is 10.1. The fourth-order valence-electron chi connectivity index (χ4n) is 3.07. The van der Waals surface area contributed by atoms with Crippen molar-refractivity contribution in [2.24, 2.45) is 0 Å². The number of aryl methyl sites for hydroxylation is 1. The number of pyridine rings is 1. The minimum absolute atomic E-state index is 0.0450. The van der Waals surface area contributed by atoms with Gasteiger partial charge in [0.2, 0.25) is 0 Å². The average Bonchev–Trinajstić information content (AvgIpc) is 2.61. The highest BCUT2D eigenvalue weighted by atomic mass is 16.2. The number of hydrogen-bond donors (Lipinski definition) is 0. The first-order chi connectivity index (χ1) is 12.1. The molecule has 0 spiro atoms. The van der Waals surface area contributed by atoms with Crippen molar-refractivity contribution in [3.8, 4) is 0 Å². The summed E-state index contributed by atoms with van der Waals surface area (Å²) in [5, 5.41) is 10.2. The third kappa shape index (κ3) is 2.80. The first-order valence-electron chi connectivity index (χ1n) is 8.29. The van der Waals surface area contributed by atoms with Crippen molar-refractivity contribution in [2.75, 3.05) is 25.0 Å². The van der Waals surface area contributed by atoms with Crippen LogP contribution in [0.4, 0.5) is 5.82 Å². The van der Waals surface area contributed by atoms with Gasteiger partial charge in [0.1, 0.15) is 5.69 Å². The summed E-state index contributed by atoms with van der Waals surface area (Å²) in [5.74, 6) is 0.808. The molecule has 3 heterocycles. The lowest BCUT2D eigenvalue weighted by molar-refractivity contribution is 0.0701. The molecule has 0 unspecified atom stereocenters. The van der Waals surface area contributed by atoms with E-state index in [1.165, 1.54) is 0 Å². The van der Waals surface area contributed by atoms with Gasteiger partial charge in [0.05, 0.1) is 11.7 Å². The summed E-state index contributed by atoms with van der Waals surface area (Å²) in [4.78, 5) is 21.1. The average molecular weight is 333 g/mol. The van der Waals surface area contributed by atoms with E-state index in [0.717, 1.165) is 35.4 Å². The van der Waals surface area contributed by atoms with Gasteiger partial charge in [0, 0.05) is 31.7 Å². The van der Waals surface area contributed by atoms with Crippen LogP contribution in [0.3, 0.4) is 0 Å². The first-order valence-corrected chi connectivity index (χ1v) is 8.29. The van der Waals surface area contributed by atoms with E-state index in [0.29, 0.717) is 5.69 Å². The molecule has 1 fully saturated rings. The number of carbonyl (C=O) groups excluding carboxylic acids is 1. The largest absolute Gasteiger partial charge is 0.351 e. The lowest BCUT2D eigenvalue weighted by Gasteiger charge is -2.44. The maximum Gasteiger partial charge on any atom is 0.273 e. The zero-order valence-corrected chi connectivity index (χ0v) is 14.3. The molecule has 0 bridgehead atoms. The third-order valence-electron chi connectivity index (χ3n) is 4.71. The number of nitrogens with zero attached hydrogens (tertiary/aromatic N) is 5. The Morgan fingerprint density at radius 3 is 2.68 bits per heavy atom. The van der Waals surface area contributed by atoms with Crippen LogP contribution in [-0.4, -0.2) is 52.2 Å². The van der Waals surface area contributed by atoms with Crippen LogP contribution in [0.15, 0.2) is 48.7 Å². The zero-order chi connectivity index (χ0) is 17.4. The van der Waals surface area contributed by atoms with Crippen LogP contribution in [-0.2, 0) is 0 Å². The second-order valence-corrected chi connectivity index (χ2v) is 6.39. The van der Waals surface area contributed by atoms with Gasteiger partial charge in [-0.1, -0.05) is 24.3 Å². The third-order valence-corrected chi connectivity index (χ3v) is 4.71. The molecule has 0 aliphatic carbocycles. The van der Waals surface area contributed by atoms with E-state index in [9.17, 15) is 4.79 Å². The summed E-state index contributed by atoms with van der Waals surface area (Å²) in [6.45, 7) is 3.43. The smallest absolute Gasteiger partial charge is 0.273 e. The van der Waals surface area contributed by atoms with E-state index in [4.69, 9.17) is 0 Å². The second kappa shape index (κ2) is 6.12. The molecule has 1 amide bonds. The molecule has 2 aromatic heterocycles. The molecule has 3 aromatic rings. The molecule has 4 rings (SSSR count). The Kier molecular flexibility index (Phi) is 3.80.